The normalized spacial score (nSPS) is 21.5. The van der Waals surface area contributed by atoms with E-state index in [-0.39, 0.29) is 13.0 Å². The molecule has 3 amide bonds. The first-order chi connectivity index (χ1) is 10.5. The van der Waals surface area contributed by atoms with Crippen molar-refractivity contribution < 1.29 is 14.4 Å². The van der Waals surface area contributed by atoms with Gasteiger partial charge in [0, 0.05) is 13.0 Å². The first-order valence-electron chi connectivity index (χ1n) is 6.98. The van der Waals surface area contributed by atoms with Crippen LogP contribution in [-0.2, 0) is 20.8 Å². The van der Waals surface area contributed by atoms with E-state index >= 15 is 0 Å². The summed E-state index contributed by atoms with van der Waals surface area (Å²) in [6, 6.07) is 9.34. The lowest BCUT2D eigenvalue weighted by atomic mass is 9.84. The van der Waals surface area contributed by atoms with Gasteiger partial charge in [0.15, 0.2) is 0 Å². The molecule has 1 fully saturated rings. The Balaban J connectivity index is 2.41. The molecule has 0 aromatic heterocycles. The maximum atomic E-state index is 12.8. The Kier molecular flexibility index (Phi) is 4.56. The third-order valence-corrected chi connectivity index (χ3v) is 3.60. The lowest BCUT2D eigenvalue weighted by Crippen LogP contribution is -2.69. The van der Waals surface area contributed by atoms with Crippen LogP contribution in [0.25, 0.3) is 0 Å². The van der Waals surface area contributed by atoms with Crippen molar-refractivity contribution in [2.45, 2.75) is 18.4 Å². The number of piperazine rings is 1. The Morgan fingerprint density at radius 2 is 1.77 bits per heavy atom. The van der Waals surface area contributed by atoms with E-state index in [4.69, 9.17) is 0 Å². The molecular formula is C17H18N2O3. The molecular weight excluding hydrogens is 280 g/mol. The summed E-state index contributed by atoms with van der Waals surface area (Å²) in [6.07, 6.45) is 3.54. The van der Waals surface area contributed by atoms with Gasteiger partial charge in [-0.1, -0.05) is 42.5 Å². The van der Waals surface area contributed by atoms with Gasteiger partial charge in [-0.2, -0.15) is 0 Å². The third kappa shape index (κ3) is 2.83. The van der Waals surface area contributed by atoms with E-state index in [0.717, 1.165) is 10.5 Å². The monoisotopic (exact) mass is 298 g/mol. The summed E-state index contributed by atoms with van der Waals surface area (Å²) in [7, 11) is 0. The van der Waals surface area contributed by atoms with Crippen LogP contribution in [0.2, 0.25) is 0 Å². The smallest absolute Gasteiger partial charge is 0.318 e. The number of hydrogen-bond donors (Lipinski definition) is 1. The molecule has 1 aliphatic rings. The predicted molar refractivity (Wildman–Crippen MR) is 82.8 cm³/mol. The second-order valence-electron chi connectivity index (χ2n) is 5.20. The fourth-order valence-electron chi connectivity index (χ4n) is 2.61. The van der Waals surface area contributed by atoms with Crippen LogP contribution in [0.1, 0.15) is 12.0 Å². The average molecular weight is 298 g/mol. The zero-order valence-corrected chi connectivity index (χ0v) is 12.2. The zero-order chi connectivity index (χ0) is 16.2. The molecule has 1 aromatic carbocycles. The van der Waals surface area contributed by atoms with Crippen LogP contribution >= 0.6 is 0 Å². The van der Waals surface area contributed by atoms with Gasteiger partial charge in [-0.05, 0) is 12.0 Å². The second kappa shape index (κ2) is 6.39. The van der Waals surface area contributed by atoms with Crippen molar-refractivity contribution in [3.8, 4) is 0 Å². The van der Waals surface area contributed by atoms with Gasteiger partial charge >= 0.3 is 11.8 Å². The van der Waals surface area contributed by atoms with Crippen molar-refractivity contribution in [3.05, 3.63) is 61.2 Å². The number of carbonyl (C=O) groups is 3. The Bertz CT molecular complexity index is 624. The minimum absolute atomic E-state index is 0.0127. The molecule has 22 heavy (non-hydrogen) atoms. The highest BCUT2D eigenvalue weighted by atomic mass is 16.2. The summed E-state index contributed by atoms with van der Waals surface area (Å²) < 4.78 is 0. The molecule has 0 bridgehead atoms. The molecule has 5 heteroatoms. The van der Waals surface area contributed by atoms with E-state index < -0.39 is 23.3 Å². The predicted octanol–water partition coefficient (Wildman–Crippen LogP) is 1.21. The van der Waals surface area contributed by atoms with Crippen molar-refractivity contribution in [1.29, 1.82) is 0 Å². The molecule has 0 saturated carbocycles. The molecule has 0 spiro atoms. The van der Waals surface area contributed by atoms with Crippen LogP contribution < -0.4 is 5.32 Å². The SMILES string of the molecule is C=CCN1C(=O)C(=O)NC(CC=C)(Cc2ccccc2)C1=O. The minimum Gasteiger partial charge on any atom is -0.333 e. The summed E-state index contributed by atoms with van der Waals surface area (Å²) in [6.45, 7) is 7.20. The van der Waals surface area contributed by atoms with Gasteiger partial charge in [-0.15, -0.1) is 13.2 Å². The summed E-state index contributed by atoms with van der Waals surface area (Å²) in [5, 5.41) is 2.58. The molecule has 0 radical (unpaired) electrons. The van der Waals surface area contributed by atoms with Crippen LogP contribution in [0.3, 0.4) is 0 Å². The minimum atomic E-state index is -1.18. The van der Waals surface area contributed by atoms with Crippen LogP contribution in [0, 0.1) is 0 Å². The summed E-state index contributed by atoms with van der Waals surface area (Å²) in [5.41, 5.74) is -0.289. The van der Waals surface area contributed by atoms with Crippen molar-refractivity contribution >= 4 is 17.7 Å². The molecule has 1 aromatic rings. The first-order valence-corrected chi connectivity index (χ1v) is 6.98. The molecule has 1 aliphatic heterocycles. The fraction of sp³-hybridized carbons (Fsp3) is 0.235. The van der Waals surface area contributed by atoms with Gasteiger partial charge in [0.2, 0.25) is 0 Å². The number of nitrogens with one attached hydrogen (secondary N) is 1. The van der Waals surface area contributed by atoms with Gasteiger partial charge in [-0.3, -0.25) is 19.3 Å². The molecule has 0 aliphatic carbocycles. The van der Waals surface area contributed by atoms with E-state index in [1.807, 2.05) is 30.3 Å². The molecule has 114 valence electrons. The maximum absolute atomic E-state index is 12.8. The number of rotatable bonds is 6. The molecule has 1 heterocycles. The quantitative estimate of drug-likeness (QED) is 0.488. The topological polar surface area (TPSA) is 66.5 Å². The Morgan fingerprint density at radius 1 is 1.09 bits per heavy atom. The lowest BCUT2D eigenvalue weighted by Gasteiger charge is -2.40. The van der Waals surface area contributed by atoms with E-state index in [0.29, 0.717) is 6.42 Å². The van der Waals surface area contributed by atoms with Crippen molar-refractivity contribution in [2.75, 3.05) is 6.54 Å². The van der Waals surface area contributed by atoms with Gasteiger partial charge in [0.25, 0.3) is 5.91 Å². The highest BCUT2D eigenvalue weighted by Gasteiger charge is 2.49. The standard InChI is InChI=1S/C17H18N2O3/c1-3-10-17(12-13-8-6-5-7-9-13)16(22)19(11-4-2)15(21)14(20)18-17/h3-9H,1-2,10-12H2,(H,18,20). The highest BCUT2D eigenvalue weighted by Crippen LogP contribution is 2.24. The summed E-state index contributed by atoms with van der Waals surface area (Å²) in [5.74, 6) is -2.06. The Labute approximate surface area is 129 Å². The third-order valence-electron chi connectivity index (χ3n) is 3.60. The number of amides is 3. The second-order valence-corrected chi connectivity index (χ2v) is 5.20. The molecule has 1 unspecified atom stereocenters. The van der Waals surface area contributed by atoms with Crippen molar-refractivity contribution in [1.82, 2.24) is 10.2 Å². The lowest BCUT2D eigenvalue weighted by molar-refractivity contribution is -0.161. The number of hydrogen-bond acceptors (Lipinski definition) is 3. The van der Waals surface area contributed by atoms with Gasteiger partial charge in [0.05, 0.1) is 0 Å². The highest BCUT2D eigenvalue weighted by molar-refractivity contribution is 6.40. The molecule has 1 saturated heterocycles. The van der Waals surface area contributed by atoms with E-state index in [2.05, 4.69) is 18.5 Å². The van der Waals surface area contributed by atoms with E-state index in [1.165, 1.54) is 6.08 Å². The number of imide groups is 1. The van der Waals surface area contributed by atoms with Crippen molar-refractivity contribution in [3.63, 3.8) is 0 Å². The molecule has 1 N–H and O–H groups in total. The van der Waals surface area contributed by atoms with Gasteiger partial charge in [-0.25, -0.2) is 0 Å². The van der Waals surface area contributed by atoms with Crippen LogP contribution in [0.5, 0.6) is 0 Å². The summed E-state index contributed by atoms with van der Waals surface area (Å²) in [4.78, 5) is 37.6. The summed E-state index contributed by atoms with van der Waals surface area (Å²) >= 11 is 0. The van der Waals surface area contributed by atoms with Crippen LogP contribution in [0.15, 0.2) is 55.6 Å². The Hall–Kier alpha value is -2.69. The number of benzene rings is 1. The first kappa shape index (κ1) is 15.7. The van der Waals surface area contributed by atoms with E-state index in [9.17, 15) is 14.4 Å². The largest absolute Gasteiger partial charge is 0.333 e. The zero-order valence-electron chi connectivity index (χ0n) is 12.2. The van der Waals surface area contributed by atoms with Crippen molar-refractivity contribution in [2.24, 2.45) is 0 Å². The fourth-order valence-corrected chi connectivity index (χ4v) is 2.61. The molecule has 5 nitrogen and oxygen atoms in total. The van der Waals surface area contributed by atoms with Gasteiger partial charge in [0.1, 0.15) is 5.54 Å². The number of nitrogens with zero attached hydrogens (tertiary/aromatic N) is 1. The van der Waals surface area contributed by atoms with Crippen LogP contribution in [0.4, 0.5) is 0 Å². The maximum Gasteiger partial charge on any atom is 0.318 e. The Morgan fingerprint density at radius 3 is 2.36 bits per heavy atom. The van der Waals surface area contributed by atoms with Crippen LogP contribution in [-0.4, -0.2) is 34.7 Å². The molecule has 2 rings (SSSR count). The van der Waals surface area contributed by atoms with E-state index in [1.54, 1.807) is 6.08 Å². The van der Waals surface area contributed by atoms with Gasteiger partial charge < -0.3 is 5.32 Å². The average Bonchev–Trinajstić information content (AvgIpc) is 2.51. The number of carbonyl (C=O) groups excluding carboxylic acids is 3. The molecule has 1 atom stereocenters.